The lowest BCUT2D eigenvalue weighted by atomic mass is 10.1. The molecule has 0 bridgehead atoms. The summed E-state index contributed by atoms with van der Waals surface area (Å²) in [4.78, 5) is 2.71. The third-order valence-electron chi connectivity index (χ3n) is 4.63. The maximum atomic E-state index is 12.8. The van der Waals surface area contributed by atoms with Crippen LogP contribution in [0.5, 0.6) is 0 Å². The van der Waals surface area contributed by atoms with Crippen molar-refractivity contribution < 1.29 is 17.9 Å². The van der Waals surface area contributed by atoms with Gasteiger partial charge in [-0.3, -0.25) is 4.90 Å². The van der Waals surface area contributed by atoms with Crippen molar-refractivity contribution in [1.29, 1.82) is 0 Å². The predicted octanol–water partition coefficient (Wildman–Crippen LogP) is 1.32. The Morgan fingerprint density at radius 1 is 1.21 bits per heavy atom. The molecular weight excluding hydrogens is 328 g/mol. The largest absolute Gasteiger partial charge is 0.379 e. The number of hydrogen-bond donors (Lipinski definition) is 0. The molecule has 3 rings (SSSR count). The predicted molar refractivity (Wildman–Crippen MR) is 91.3 cm³/mol. The topological polar surface area (TPSA) is 59.1 Å². The lowest BCUT2D eigenvalue weighted by Crippen LogP contribution is -2.46. The second kappa shape index (κ2) is 7.49. The number of hydrogen-bond acceptors (Lipinski definition) is 5. The number of ether oxygens (including phenoxy) is 2. The van der Waals surface area contributed by atoms with Gasteiger partial charge in [-0.25, -0.2) is 8.42 Å². The molecule has 0 N–H and O–H groups in total. The van der Waals surface area contributed by atoms with Gasteiger partial charge >= 0.3 is 0 Å². The van der Waals surface area contributed by atoms with Crippen LogP contribution in [0.4, 0.5) is 0 Å². The van der Waals surface area contributed by atoms with E-state index in [4.69, 9.17) is 9.47 Å². The zero-order chi connectivity index (χ0) is 17.2. The third kappa shape index (κ3) is 3.97. The molecule has 1 aromatic carbocycles. The van der Waals surface area contributed by atoms with Gasteiger partial charge in [0.1, 0.15) is 0 Å². The van der Waals surface area contributed by atoms with Gasteiger partial charge in [-0.2, -0.15) is 4.31 Å². The monoisotopic (exact) mass is 354 g/mol. The Labute approximate surface area is 144 Å². The van der Waals surface area contributed by atoms with Gasteiger partial charge in [-0.1, -0.05) is 12.1 Å². The van der Waals surface area contributed by atoms with E-state index in [1.165, 1.54) is 4.31 Å². The molecule has 2 aliphatic heterocycles. The summed E-state index contributed by atoms with van der Waals surface area (Å²) < 4.78 is 38.0. The highest BCUT2D eigenvalue weighted by Crippen LogP contribution is 2.21. The van der Waals surface area contributed by atoms with Gasteiger partial charge in [0.25, 0.3) is 0 Å². The van der Waals surface area contributed by atoms with E-state index in [2.05, 4.69) is 18.7 Å². The summed E-state index contributed by atoms with van der Waals surface area (Å²) in [7, 11) is -3.44. The Balaban J connectivity index is 1.76. The average Bonchev–Trinajstić information content (AvgIpc) is 2.59. The number of morpholine rings is 2. The van der Waals surface area contributed by atoms with Crippen LogP contribution in [-0.2, 0) is 26.0 Å². The summed E-state index contributed by atoms with van der Waals surface area (Å²) in [5.41, 5.74) is 1.02. The molecule has 1 aromatic rings. The van der Waals surface area contributed by atoms with Crippen LogP contribution in [0, 0.1) is 0 Å². The van der Waals surface area contributed by atoms with Crippen molar-refractivity contribution in [3.05, 3.63) is 29.8 Å². The van der Waals surface area contributed by atoms with E-state index in [9.17, 15) is 8.42 Å². The molecule has 2 fully saturated rings. The number of rotatable bonds is 4. The van der Waals surface area contributed by atoms with Gasteiger partial charge in [0, 0.05) is 32.2 Å². The van der Waals surface area contributed by atoms with Crippen LogP contribution in [0.25, 0.3) is 0 Å². The van der Waals surface area contributed by atoms with Gasteiger partial charge in [0.2, 0.25) is 10.0 Å². The minimum Gasteiger partial charge on any atom is -0.379 e. The third-order valence-corrected chi connectivity index (χ3v) is 6.52. The van der Waals surface area contributed by atoms with E-state index in [0.717, 1.165) is 18.7 Å². The fraction of sp³-hybridized carbons (Fsp3) is 0.647. The molecule has 0 amide bonds. The first-order valence-corrected chi connectivity index (χ1v) is 9.93. The summed E-state index contributed by atoms with van der Waals surface area (Å²) in [5, 5.41) is 0. The highest BCUT2D eigenvalue weighted by molar-refractivity contribution is 7.89. The van der Waals surface area contributed by atoms with Crippen molar-refractivity contribution in [3.63, 3.8) is 0 Å². The summed E-state index contributed by atoms with van der Waals surface area (Å²) in [6.45, 7) is 8.29. The Bertz CT molecular complexity index is 658. The van der Waals surface area contributed by atoms with Crippen LogP contribution in [0.3, 0.4) is 0 Å². The lowest BCUT2D eigenvalue weighted by molar-refractivity contribution is -0.0526. The molecule has 0 aromatic heterocycles. The minimum atomic E-state index is -3.44. The maximum Gasteiger partial charge on any atom is 0.243 e. The van der Waals surface area contributed by atoms with E-state index < -0.39 is 10.0 Å². The highest BCUT2D eigenvalue weighted by atomic mass is 32.2. The molecule has 0 saturated carbocycles. The van der Waals surface area contributed by atoms with Crippen LogP contribution < -0.4 is 0 Å². The van der Waals surface area contributed by atoms with Crippen LogP contribution in [0.2, 0.25) is 0 Å². The fourth-order valence-electron chi connectivity index (χ4n) is 3.17. The van der Waals surface area contributed by atoms with E-state index in [1.54, 1.807) is 12.1 Å². The van der Waals surface area contributed by atoms with Gasteiger partial charge in [0.05, 0.1) is 30.8 Å². The summed E-state index contributed by atoms with van der Waals surface area (Å²) in [6, 6.07) is 7.64. The van der Waals surface area contributed by atoms with Crippen LogP contribution >= 0.6 is 0 Å². The second-order valence-corrected chi connectivity index (χ2v) is 8.52. The molecule has 2 heterocycles. The molecule has 2 atom stereocenters. The molecule has 134 valence electrons. The van der Waals surface area contributed by atoms with Crippen molar-refractivity contribution in [2.75, 3.05) is 39.5 Å². The van der Waals surface area contributed by atoms with Crippen molar-refractivity contribution in [2.24, 2.45) is 0 Å². The molecule has 0 radical (unpaired) electrons. The minimum absolute atomic E-state index is 0.210. The van der Waals surface area contributed by atoms with E-state index in [-0.39, 0.29) is 6.10 Å². The Morgan fingerprint density at radius 2 is 1.96 bits per heavy atom. The Hall–Kier alpha value is -0.990. The van der Waals surface area contributed by atoms with Crippen LogP contribution in [-0.4, -0.2) is 69.2 Å². The molecule has 0 aliphatic carbocycles. The lowest BCUT2D eigenvalue weighted by Gasteiger charge is -2.36. The standard InChI is InChI=1S/C17H26N2O4S/c1-14-13-23-15(2)11-18(14)12-16-4-3-5-17(10-16)24(20,21)19-6-8-22-9-7-19/h3-5,10,14-15H,6-9,11-13H2,1-2H3/t14-,15+/m0/s1. The molecular formula is C17H26N2O4S. The first-order valence-electron chi connectivity index (χ1n) is 8.49. The summed E-state index contributed by atoms with van der Waals surface area (Å²) in [6.07, 6.45) is 0.210. The molecule has 24 heavy (non-hydrogen) atoms. The van der Waals surface area contributed by atoms with Crippen LogP contribution in [0.15, 0.2) is 29.2 Å². The Morgan fingerprint density at radius 3 is 2.71 bits per heavy atom. The van der Waals surface area contributed by atoms with Gasteiger partial charge in [-0.15, -0.1) is 0 Å². The smallest absolute Gasteiger partial charge is 0.243 e. The Kier molecular flexibility index (Phi) is 5.56. The van der Waals surface area contributed by atoms with Crippen molar-refractivity contribution >= 4 is 10.0 Å². The average molecular weight is 354 g/mol. The molecule has 2 saturated heterocycles. The number of sulfonamides is 1. The molecule has 0 spiro atoms. The van der Waals surface area contributed by atoms with Gasteiger partial charge < -0.3 is 9.47 Å². The highest BCUT2D eigenvalue weighted by Gasteiger charge is 2.27. The summed E-state index contributed by atoms with van der Waals surface area (Å²) >= 11 is 0. The zero-order valence-electron chi connectivity index (χ0n) is 14.3. The van der Waals surface area contributed by atoms with E-state index in [0.29, 0.717) is 43.8 Å². The van der Waals surface area contributed by atoms with Crippen LogP contribution in [0.1, 0.15) is 19.4 Å². The number of benzene rings is 1. The molecule has 0 unspecified atom stereocenters. The van der Waals surface area contributed by atoms with Gasteiger partial charge in [-0.05, 0) is 31.5 Å². The van der Waals surface area contributed by atoms with E-state index >= 15 is 0 Å². The summed E-state index contributed by atoms with van der Waals surface area (Å²) in [5.74, 6) is 0. The first-order chi connectivity index (χ1) is 11.5. The fourth-order valence-corrected chi connectivity index (χ4v) is 4.65. The molecule has 2 aliphatic rings. The SMILES string of the molecule is C[C@@H]1CN(Cc2cccc(S(=O)(=O)N3CCOCC3)c2)[C@@H](C)CO1. The maximum absolute atomic E-state index is 12.8. The van der Waals surface area contributed by atoms with E-state index in [1.807, 2.05) is 12.1 Å². The first kappa shape index (κ1) is 17.8. The second-order valence-electron chi connectivity index (χ2n) is 6.59. The quantitative estimate of drug-likeness (QED) is 0.816. The molecule has 6 nitrogen and oxygen atoms in total. The van der Waals surface area contributed by atoms with Crippen molar-refractivity contribution in [3.8, 4) is 0 Å². The zero-order valence-corrected chi connectivity index (χ0v) is 15.2. The number of nitrogens with zero attached hydrogens (tertiary/aromatic N) is 2. The van der Waals surface area contributed by atoms with Gasteiger partial charge in [0.15, 0.2) is 0 Å². The molecule has 7 heteroatoms. The normalized spacial score (nSPS) is 27.2. The van der Waals surface area contributed by atoms with Crippen molar-refractivity contribution in [1.82, 2.24) is 9.21 Å². The van der Waals surface area contributed by atoms with Crippen molar-refractivity contribution in [2.45, 2.75) is 37.4 Å².